The predicted molar refractivity (Wildman–Crippen MR) is 146 cm³/mol. The SMILES string of the molecule is Cc1cncc2c1c(C[C@H]1CCN([C@H](C)C3CCOCC3)C1)cn2-c1ccc(F)cc1[S@@](=N)(=O)C(C)C. The van der Waals surface area contributed by atoms with E-state index in [0.29, 0.717) is 23.6 Å². The fourth-order valence-electron chi connectivity index (χ4n) is 6.19. The minimum Gasteiger partial charge on any atom is -0.381 e. The second-order valence-electron chi connectivity index (χ2n) is 11.2. The molecule has 2 aromatic heterocycles. The summed E-state index contributed by atoms with van der Waals surface area (Å²) in [6.07, 6.45) is 10.2. The summed E-state index contributed by atoms with van der Waals surface area (Å²) in [5, 5.41) is 0.721. The summed E-state index contributed by atoms with van der Waals surface area (Å²) in [7, 11) is -3.19. The molecule has 0 spiro atoms. The predicted octanol–water partition coefficient (Wildman–Crippen LogP) is 5.97. The third-order valence-corrected chi connectivity index (χ3v) is 10.8. The number of likely N-dealkylation sites (tertiary alicyclic amines) is 1. The van der Waals surface area contributed by atoms with Gasteiger partial charge < -0.3 is 14.2 Å². The van der Waals surface area contributed by atoms with E-state index in [4.69, 9.17) is 9.52 Å². The fourth-order valence-corrected chi connectivity index (χ4v) is 7.46. The highest BCUT2D eigenvalue weighted by atomic mass is 32.2. The van der Waals surface area contributed by atoms with Gasteiger partial charge in [0.2, 0.25) is 0 Å². The first-order valence-corrected chi connectivity index (χ1v) is 15.1. The van der Waals surface area contributed by atoms with Crippen LogP contribution in [0, 0.1) is 29.4 Å². The number of nitrogens with one attached hydrogen (secondary N) is 1. The quantitative estimate of drug-likeness (QED) is 0.412. The van der Waals surface area contributed by atoms with Crippen molar-refractivity contribution >= 4 is 20.6 Å². The zero-order valence-electron chi connectivity index (χ0n) is 22.4. The monoisotopic (exact) mass is 526 g/mol. The summed E-state index contributed by atoms with van der Waals surface area (Å²) in [4.78, 5) is 7.34. The van der Waals surface area contributed by atoms with Crippen LogP contribution >= 0.6 is 0 Å². The van der Waals surface area contributed by atoms with Crippen LogP contribution in [-0.2, 0) is 20.9 Å². The maximum absolute atomic E-state index is 14.3. The van der Waals surface area contributed by atoms with Gasteiger partial charge in [0.25, 0.3) is 0 Å². The van der Waals surface area contributed by atoms with Crippen LogP contribution in [0.3, 0.4) is 0 Å². The Labute approximate surface area is 220 Å². The first kappa shape index (κ1) is 26.3. The number of rotatable bonds is 7. The molecule has 0 amide bonds. The van der Waals surface area contributed by atoms with E-state index in [9.17, 15) is 8.60 Å². The van der Waals surface area contributed by atoms with Crippen molar-refractivity contribution in [2.75, 3.05) is 26.3 Å². The van der Waals surface area contributed by atoms with E-state index in [0.717, 1.165) is 62.0 Å². The molecule has 1 aromatic carbocycles. The van der Waals surface area contributed by atoms with E-state index in [-0.39, 0.29) is 4.90 Å². The summed E-state index contributed by atoms with van der Waals surface area (Å²) in [5.41, 5.74) is 3.83. The van der Waals surface area contributed by atoms with Crippen LogP contribution < -0.4 is 0 Å². The van der Waals surface area contributed by atoms with E-state index in [1.807, 2.05) is 17.0 Å². The van der Waals surface area contributed by atoms with Crippen LogP contribution in [0.15, 0.2) is 41.7 Å². The number of aromatic nitrogens is 2. The molecule has 200 valence electrons. The van der Waals surface area contributed by atoms with Crippen molar-refractivity contribution in [3.05, 3.63) is 53.7 Å². The van der Waals surface area contributed by atoms with E-state index < -0.39 is 20.8 Å². The van der Waals surface area contributed by atoms with Gasteiger partial charge in [-0.1, -0.05) is 0 Å². The average molecular weight is 527 g/mol. The molecule has 2 saturated heterocycles. The zero-order valence-corrected chi connectivity index (χ0v) is 23.2. The molecule has 8 heteroatoms. The number of fused-ring (bicyclic) bond motifs is 1. The van der Waals surface area contributed by atoms with E-state index >= 15 is 0 Å². The van der Waals surface area contributed by atoms with Crippen LogP contribution in [0.4, 0.5) is 4.39 Å². The summed E-state index contributed by atoms with van der Waals surface area (Å²) >= 11 is 0. The minimum absolute atomic E-state index is 0.241. The number of ether oxygens (including phenoxy) is 1. The molecule has 3 aromatic rings. The molecular formula is C29H39FN4O2S. The maximum Gasteiger partial charge on any atom is 0.124 e. The Morgan fingerprint density at radius 3 is 2.68 bits per heavy atom. The number of hydrogen-bond acceptors (Lipinski definition) is 5. The van der Waals surface area contributed by atoms with Crippen LogP contribution in [-0.4, -0.2) is 56.3 Å². The van der Waals surface area contributed by atoms with Crippen LogP contribution in [0.1, 0.15) is 51.2 Å². The zero-order chi connectivity index (χ0) is 26.3. The van der Waals surface area contributed by atoms with Crippen LogP contribution in [0.5, 0.6) is 0 Å². The second kappa shape index (κ2) is 10.5. The largest absolute Gasteiger partial charge is 0.381 e. The van der Waals surface area contributed by atoms with E-state index in [1.54, 1.807) is 19.9 Å². The number of hydrogen-bond donors (Lipinski definition) is 1. The normalized spacial score (nSPS) is 22.1. The highest BCUT2D eigenvalue weighted by Crippen LogP contribution is 2.35. The van der Waals surface area contributed by atoms with Crippen molar-refractivity contribution < 1.29 is 13.3 Å². The Morgan fingerprint density at radius 1 is 1.19 bits per heavy atom. The fraction of sp³-hybridized carbons (Fsp3) is 0.552. The van der Waals surface area contributed by atoms with Gasteiger partial charge in [-0.3, -0.25) is 4.98 Å². The van der Waals surface area contributed by atoms with Gasteiger partial charge in [-0.2, -0.15) is 0 Å². The average Bonchev–Trinajstić information content (AvgIpc) is 3.50. The topological polar surface area (TPSA) is 71.2 Å². The first-order valence-electron chi connectivity index (χ1n) is 13.5. The molecule has 2 aliphatic rings. The molecule has 3 atom stereocenters. The molecule has 0 bridgehead atoms. The van der Waals surface area contributed by atoms with Gasteiger partial charge in [0.1, 0.15) is 5.82 Å². The lowest BCUT2D eigenvalue weighted by Gasteiger charge is -2.34. The summed E-state index contributed by atoms with van der Waals surface area (Å²) < 4.78 is 43.9. The molecule has 1 N–H and O–H groups in total. The minimum atomic E-state index is -3.19. The van der Waals surface area contributed by atoms with Gasteiger partial charge in [-0.25, -0.2) is 13.4 Å². The Bertz CT molecular complexity index is 1380. The van der Waals surface area contributed by atoms with Crippen molar-refractivity contribution in [2.24, 2.45) is 11.8 Å². The summed E-state index contributed by atoms with van der Waals surface area (Å²) in [6.45, 7) is 11.9. The van der Waals surface area contributed by atoms with Gasteiger partial charge in [0.15, 0.2) is 0 Å². The highest BCUT2D eigenvalue weighted by Gasteiger charge is 2.32. The van der Waals surface area contributed by atoms with Gasteiger partial charge >= 0.3 is 0 Å². The number of nitrogens with zero attached hydrogens (tertiary/aromatic N) is 3. The molecule has 0 unspecified atom stereocenters. The van der Waals surface area contributed by atoms with Crippen molar-refractivity contribution in [3.8, 4) is 5.69 Å². The Morgan fingerprint density at radius 2 is 1.95 bits per heavy atom. The summed E-state index contributed by atoms with van der Waals surface area (Å²) in [5.74, 6) is 0.785. The summed E-state index contributed by atoms with van der Waals surface area (Å²) in [6, 6.07) is 4.88. The van der Waals surface area contributed by atoms with Gasteiger partial charge in [0.05, 0.1) is 32.0 Å². The second-order valence-corrected chi connectivity index (χ2v) is 13.8. The Balaban J connectivity index is 1.48. The lowest BCUT2D eigenvalue weighted by atomic mass is 9.92. The van der Waals surface area contributed by atoms with E-state index in [1.165, 1.54) is 24.1 Å². The molecule has 0 saturated carbocycles. The highest BCUT2D eigenvalue weighted by molar-refractivity contribution is 7.93. The Hall–Kier alpha value is -2.29. The molecule has 6 nitrogen and oxygen atoms in total. The van der Waals surface area contributed by atoms with Gasteiger partial charge in [-0.15, -0.1) is 0 Å². The van der Waals surface area contributed by atoms with Crippen LogP contribution in [0.25, 0.3) is 16.6 Å². The third kappa shape index (κ3) is 5.08. The number of halogens is 1. The molecular weight excluding hydrogens is 487 g/mol. The van der Waals surface area contributed by atoms with Crippen molar-refractivity contribution in [1.29, 1.82) is 4.78 Å². The lowest BCUT2D eigenvalue weighted by Crippen LogP contribution is -2.39. The van der Waals surface area contributed by atoms with E-state index in [2.05, 4.69) is 29.9 Å². The first-order chi connectivity index (χ1) is 17.7. The van der Waals surface area contributed by atoms with Crippen molar-refractivity contribution in [3.63, 3.8) is 0 Å². The molecule has 0 radical (unpaired) electrons. The number of benzene rings is 1. The molecule has 5 rings (SSSR count). The van der Waals surface area contributed by atoms with Crippen molar-refractivity contribution in [2.45, 2.75) is 69.6 Å². The third-order valence-electron chi connectivity index (χ3n) is 8.50. The Kier molecular flexibility index (Phi) is 7.44. The van der Waals surface area contributed by atoms with Gasteiger partial charge in [0, 0.05) is 48.8 Å². The molecule has 2 aliphatic heterocycles. The number of aryl methyl sites for hydroxylation is 1. The molecule has 0 aliphatic carbocycles. The molecule has 2 fully saturated rings. The molecule has 37 heavy (non-hydrogen) atoms. The van der Waals surface area contributed by atoms with Gasteiger partial charge in [-0.05, 0) is 101 Å². The smallest absolute Gasteiger partial charge is 0.124 e. The van der Waals surface area contributed by atoms with Crippen LogP contribution in [0.2, 0.25) is 0 Å². The lowest BCUT2D eigenvalue weighted by molar-refractivity contribution is 0.0348. The maximum atomic E-state index is 14.3. The standard InChI is InChI=1S/C29H39FN4O2S/c1-19(2)37(31,35)28-14-25(30)5-6-26(28)34-18-24(29-20(3)15-32-16-27(29)34)13-22-7-10-33(17-22)21(4)23-8-11-36-12-9-23/h5-6,14-16,18-19,21-23,31H,7-13,17H2,1-4H3/t21-,22-,37+/m1/s1. The number of pyridine rings is 1. The van der Waals surface area contributed by atoms with Crippen molar-refractivity contribution in [1.82, 2.24) is 14.5 Å². The molecule has 4 heterocycles.